The number of carbonyl (C=O) groups is 1. The number of amides is 1. The van der Waals surface area contributed by atoms with Gasteiger partial charge in [0.15, 0.2) is 0 Å². The second kappa shape index (κ2) is 5.11. The molecule has 0 spiro atoms. The van der Waals surface area contributed by atoms with Crippen molar-refractivity contribution in [1.29, 1.82) is 0 Å². The van der Waals surface area contributed by atoms with E-state index < -0.39 is 4.92 Å². The molecule has 0 saturated heterocycles. The average molecular weight is 275 g/mol. The van der Waals surface area contributed by atoms with Crippen LogP contribution in [-0.2, 0) is 0 Å². The lowest BCUT2D eigenvalue weighted by Crippen LogP contribution is -2.25. The molecule has 20 heavy (non-hydrogen) atoms. The van der Waals surface area contributed by atoms with Crippen LogP contribution in [0.15, 0.2) is 18.2 Å². The first-order valence-electron chi connectivity index (χ1n) is 6.96. The highest BCUT2D eigenvalue weighted by molar-refractivity contribution is 5.95. The molecule has 2 aliphatic carbocycles. The number of nitrogens with one attached hydrogen (secondary N) is 2. The van der Waals surface area contributed by atoms with Gasteiger partial charge in [-0.1, -0.05) is 0 Å². The minimum Gasteiger partial charge on any atom is -0.377 e. The van der Waals surface area contributed by atoms with Crippen LogP contribution in [0, 0.1) is 16.0 Å². The first-order chi connectivity index (χ1) is 9.63. The monoisotopic (exact) mass is 275 g/mol. The molecule has 0 atom stereocenters. The van der Waals surface area contributed by atoms with Crippen LogP contribution in [0.1, 0.15) is 36.0 Å². The predicted octanol–water partition coefficient (Wildman–Crippen LogP) is 2.31. The van der Waals surface area contributed by atoms with Crippen molar-refractivity contribution in [2.75, 3.05) is 11.9 Å². The maximum absolute atomic E-state index is 11.9. The largest absolute Gasteiger partial charge is 0.377 e. The Balaban J connectivity index is 1.74. The summed E-state index contributed by atoms with van der Waals surface area (Å²) in [7, 11) is 0. The fourth-order valence-electron chi connectivity index (χ4n) is 2.05. The molecule has 0 unspecified atom stereocenters. The lowest BCUT2D eigenvalue weighted by atomic mass is 10.1. The molecule has 3 rings (SSSR count). The van der Waals surface area contributed by atoms with Gasteiger partial charge in [-0.25, -0.2) is 0 Å². The Morgan fingerprint density at radius 2 is 2.05 bits per heavy atom. The van der Waals surface area contributed by atoms with Gasteiger partial charge in [-0.2, -0.15) is 0 Å². The van der Waals surface area contributed by atoms with E-state index in [-0.39, 0.29) is 11.6 Å². The number of anilines is 1. The first kappa shape index (κ1) is 12.9. The molecule has 0 bridgehead atoms. The molecule has 0 aliphatic heterocycles. The zero-order valence-electron chi connectivity index (χ0n) is 11.1. The molecule has 1 aromatic carbocycles. The van der Waals surface area contributed by atoms with Crippen LogP contribution in [0.25, 0.3) is 0 Å². The lowest BCUT2D eigenvalue weighted by molar-refractivity contribution is -0.384. The highest BCUT2D eigenvalue weighted by atomic mass is 16.6. The third-order valence-corrected chi connectivity index (χ3v) is 3.64. The van der Waals surface area contributed by atoms with Gasteiger partial charge in [0.05, 0.1) is 4.92 Å². The van der Waals surface area contributed by atoms with Crippen molar-refractivity contribution in [2.45, 2.75) is 31.7 Å². The number of rotatable bonds is 6. The number of hydrogen-bond acceptors (Lipinski definition) is 4. The van der Waals surface area contributed by atoms with Crippen molar-refractivity contribution in [1.82, 2.24) is 5.32 Å². The van der Waals surface area contributed by atoms with Crippen molar-refractivity contribution in [3.8, 4) is 0 Å². The van der Waals surface area contributed by atoms with Gasteiger partial charge in [-0.15, -0.1) is 0 Å². The van der Waals surface area contributed by atoms with E-state index in [0.717, 1.165) is 25.7 Å². The van der Waals surface area contributed by atoms with Gasteiger partial charge in [0.2, 0.25) is 0 Å². The average Bonchev–Trinajstić information content (AvgIpc) is 3.30. The number of nitrogens with zero attached hydrogens (tertiary/aromatic N) is 1. The minimum absolute atomic E-state index is 0.0315. The molecule has 6 nitrogen and oxygen atoms in total. The maximum atomic E-state index is 11.9. The smallest absolute Gasteiger partial charge is 0.293 e. The SMILES string of the molecule is O=C(NCC1CC1)c1ccc(NC2CC2)c([N+](=O)[O-])c1. The standard InChI is InChI=1S/C14H17N3O3/c18-14(15-8-9-1-2-9)10-3-6-12(16-11-4-5-11)13(7-10)17(19)20/h3,6-7,9,11,16H,1-2,4-5,8H2,(H,15,18). The van der Waals surface area contributed by atoms with Gasteiger partial charge >= 0.3 is 0 Å². The van der Waals surface area contributed by atoms with Gasteiger partial charge in [0, 0.05) is 24.2 Å². The van der Waals surface area contributed by atoms with Gasteiger partial charge < -0.3 is 10.6 Å². The van der Waals surface area contributed by atoms with E-state index in [4.69, 9.17) is 0 Å². The fourth-order valence-corrected chi connectivity index (χ4v) is 2.05. The Labute approximate surface area is 116 Å². The second-order valence-corrected chi connectivity index (χ2v) is 5.56. The zero-order chi connectivity index (χ0) is 14.1. The summed E-state index contributed by atoms with van der Waals surface area (Å²) in [5.41, 5.74) is 0.811. The van der Waals surface area contributed by atoms with Crippen molar-refractivity contribution < 1.29 is 9.72 Å². The molecular formula is C14H17N3O3. The Kier molecular flexibility index (Phi) is 3.30. The van der Waals surface area contributed by atoms with Crippen LogP contribution in [0.5, 0.6) is 0 Å². The van der Waals surface area contributed by atoms with Crippen LogP contribution < -0.4 is 10.6 Å². The fraction of sp³-hybridized carbons (Fsp3) is 0.500. The van der Waals surface area contributed by atoms with Crippen molar-refractivity contribution in [2.24, 2.45) is 5.92 Å². The summed E-state index contributed by atoms with van der Waals surface area (Å²) in [5, 5.41) is 17.0. The number of carbonyl (C=O) groups excluding carboxylic acids is 1. The molecule has 1 aromatic rings. The highest BCUT2D eigenvalue weighted by Gasteiger charge is 2.26. The van der Waals surface area contributed by atoms with E-state index in [0.29, 0.717) is 29.8 Å². The Bertz CT molecular complexity index is 551. The molecule has 2 fully saturated rings. The van der Waals surface area contributed by atoms with E-state index in [1.54, 1.807) is 12.1 Å². The second-order valence-electron chi connectivity index (χ2n) is 5.56. The minimum atomic E-state index is -0.442. The summed E-state index contributed by atoms with van der Waals surface area (Å²) in [6, 6.07) is 4.96. The highest BCUT2D eigenvalue weighted by Crippen LogP contribution is 2.31. The van der Waals surface area contributed by atoms with Crippen LogP contribution in [-0.4, -0.2) is 23.4 Å². The topological polar surface area (TPSA) is 84.3 Å². The lowest BCUT2D eigenvalue weighted by Gasteiger charge is -2.08. The summed E-state index contributed by atoms with van der Waals surface area (Å²) >= 11 is 0. The van der Waals surface area contributed by atoms with Gasteiger partial charge in [0.1, 0.15) is 5.69 Å². The summed E-state index contributed by atoms with van der Waals surface area (Å²) < 4.78 is 0. The number of benzene rings is 1. The molecule has 1 amide bonds. The summed E-state index contributed by atoms with van der Waals surface area (Å²) in [6.45, 7) is 0.661. The van der Waals surface area contributed by atoms with E-state index in [9.17, 15) is 14.9 Å². The quantitative estimate of drug-likeness (QED) is 0.616. The van der Waals surface area contributed by atoms with E-state index in [1.807, 2.05) is 0 Å². The summed E-state index contributed by atoms with van der Waals surface area (Å²) in [4.78, 5) is 22.6. The Hall–Kier alpha value is -2.11. The van der Waals surface area contributed by atoms with Crippen molar-refractivity contribution in [3.63, 3.8) is 0 Å². The zero-order valence-corrected chi connectivity index (χ0v) is 11.1. The molecular weight excluding hydrogens is 258 g/mol. The van der Waals surface area contributed by atoms with Crippen LogP contribution in [0.2, 0.25) is 0 Å². The van der Waals surface area contributed by atoms with Gasteiger partial charge in [0.25, 0.3) is 11.6 Å². The molecule has 0 radical (unpaired) electrons. The molecule has 2 N–H and O–H groups in total. The van der Waals surface area contributed by atoms with E-state index >= 15 is 0 Å². The number of nitro benzene ring substituents is 1. The summed E-state index contributed by atoms with van der Waals surface area (Å²) in [6.07, 6.45) is 4.40. The normalized spacial score (nSPS) is 17.6. The first-order valence-corrected chi connectivity index (χ1v) is 6.96. The van der Waals surface area contributed by atoms with E-state index in [1.165, 1.54) is 6.07 Å². The van der Waals surface area contributed by atoms with Gasteiger partial charge in [-0.3, -0.25) is 14.9 Å². The maximum Gasteiger partial charge on any atom is 0.293 e. The van der Waals surface area contributed by atoms with Crippen LogP contribution in [0.3, 0.4) is 0 Å². The number of nitro groups is 1. The molecule has 0 aromatic heterocycles. The van der Waals surface area contributed by atoms with Gasteiger partial charge in [-0.05, 0) is 43.7 Å². The molecule has 2 aliphatic rings. The Morgan fingerprint density at radius 1 is 1.30 bits per heavy atom. The predicted molar refractivity (Wildman–Crippen MR) is 74.8 cm³/mol. The van der Waals surface area contributed by atoms with E-state index in [2.05, 4.69) is 10.6 Å². The molecule has 106 valence electrons. The Morgan fingerprint density at radius 3 is 2.65 bits per heavy atom. The van der Waals surface area contributed by atoms with Crippen molar-refractivity contribution in [3.05, 3.63) is 33.9 Å². The van der Waals surface area contributed by atoms with Crippen LogP contribution >= 0.6 is 0 Å². The van der Waals surface area contributed by atoms with Crippen LogP contribution in [0.4, 0.5) is 11.4 Å². The summed E-state index contributed by atoms with van der Waals surface area (Å²) in [5.74, 6) is 0.350. The third kappa shape index (κ3) is 3.07. The molecule has 2 saturated carbocycles. The number of hydrogen-bond donors (Lipinski definition) is 2. The molecule has 6 heteroatoms. The van der Waals surface area contributed by atoms with Crippen molar-refractivity contribution >= 4 is 17.3 Å². The third-order valence-electron chi connectivity index (χ3n) is 3.64. The molecule has 0 heterocycles.